The number of hydrogen-bond donors (Lipinski definition) is 2. The van der Waals surface area contributed by atoms with Crippen LogP contribution >= 0.6 is 0 Å². The highest BCUT2D eigenvalue weighted by Crippen LogP contribution is 2.29. The Kier molecular flexibility index (Phi) is 4.33. The van der Waals surface area contributed by atoms with E-state index in [4.69, 9.17) is 5.73 Å². The molecule has 1 aliphatic rings. The van der Waals surface area contributed by atoms with Crippen molar-refractivity contribution in [1.29, 1.82) is 0 Å². The lowest BCUT2D eigenvalue weighted by atomic mass is 9.99. The van der Waals surface area contributed by atoms with Gasteiger partial charge in [0, 0.05) is 19.1 Å². The summed E-state index contributed by atoms with van der Waals surface area (Å²) >= 11 is 0. The average Bonchev–Trinajstić information content (AvgIpc) is 2.85. The van der Waals surface area contributed by atoms with Gasteiger partial charge in [-0.15, -0.1) is 0 Å². The lowest BCUT2D eigenvalue weighted by Gasteiger charge is -2.33. The van der Waals surface area contributed by atoms with Crippen molar-refractivity contribution in [1.82, 2.24) is 10.2 Å². The average molecular weight is 227 g/mol. The van der Waals surface area contributed by atoms with Crippen LogP contribution in [-0.4, -0.2) is 42.5 Å². The highest BCUT2D eigenvalue weighted by Gasteiger charge is 2.34. The summed E-state index contributed by atoms with van der Waals surface area (Å²) in [5.74, 6) is 0.560. The van der Waals surface area contributed by atoms with E-state index in [0.717, 1.165) is 12.5 Å². The van der Waals surface area contributed by atoms with Gasteiger partial charge in [0.1, 0.15) is 5.54 Å². The maximum Gasteiger partial charge on any atom is 0.238 e. The number of amides is 1. The third-order valence-electron chi connectivity index (χ3n) is 3.00. The molecule has 1 amide bonds. The summed E-state index contributed by atoms with van der Waals surface area (Å²) < 4.78 is 0. The Morgan fingerprint density at radius 1 is 1.56 bits per heavy atom. The van der Waals surface area contributed by atoms with Crippen LogP contribution < -0.4 is 11.1 Å². The van der Waals surface area contributed by atoms with E-state index in [1.807, 2.05) is 20.8 Å². The number of rotatable bonds is 7. The van der Waals surface area contributed by atoms with E-state index in [2.05, 4.69) is 17.3 Å². The van der Waals surface area contributed by atoms with Gasteiger partial charge < -0.3 is 16.0 Å². The van der Waals surface area contributed by atoms with Crippen LogP contribution in [0.25, 0.3) is 0 Å². The number of nitrogens with one attached hydrogen (secondary N) is 1. The molecule has 0 radical (unpaired) electrons. The molecule has 1 aliphatic carbocycles. The topological polar surface area (TPSA) is 58.4 Å². The first-order valence-corrected chi connectivity index (χ1v) is 6.09. The van der Waals surface area contributed by atoms with Crippen LogP contribution in [0.2, 0.25) is 0 Å². The Bertz CT molecular complexity index is 251. The van der Waals surface area contributed by atoms with Gasteiger partial charge in [0.25, 0.3) is 0 Å². The molecule has 1 saturated carbocycles. The van der Waals surface area contributed by atoms with Gasteiger partial charge >= 0.3 is 0 Å². The fourth-order valence-electron chi connectivity index (χ4n) is 2.18. The number of hydrogen-bond acceptors (Lipinski definition) is 3. The van der Waals surface area contributed by atoms with E-state index in [1.54, 1.807) is 0 Å². The Labute approximate surface area is 98.6 Å². The largest absolute Gasteiger partial charge is 0.368 e. The zero-order valence-corrected chi connectivity index (χ0v) is 10.9. The second kappa shape index (κ2) is 5.15. The van der Waals surface area contributed by atoms with Crippen LogP contribution in [0.3, 0.4) is 0 Å². The molecule has 3 N–H and O–H groups in total. The van der Waals surface area contributed by atoms with E-state index in [-0.39, 0.29) is 11.9 Å². The first-order chi connectivity index (χ1) is 7.33. The quantitative estimate of drug-likeness (QED) is 0.668. The summed E-state index contributed by atoms with van der Waals surface area (Å²) in [6, 6.07) is 0.256. The molecule has 0 saturated heterocycles. The van der Waals surface area contributed by atoms with Gasteiger partial charge in [-0.25, -0.2) is 0 Å². The Hall–Kier alpha value is -0.610. The molecular weight excluding hydrogens is 202 g/mol. The van der Waals surface area contributed by atoms with E-state index < -0.39 is 5.54 Å². The number of carbonyl (C=O) groups excluding carboxylic acids is 1. The van der Waals surface area contributed by atoms with E-state index in [0.29, 0.717) is 6.54 Å². The summed E-state index contributed by atoms with van der Waals surface area (Å²) in [7, 11) is 2.06. The van der Waals surface area contributed by atoms with Crippen molar-refractivity contribution in [2.45, 2.75) is 45.2 Å². The van der Waals surface area contributed by atoms with Gasteiger partial charge in [0.2, 0.25) is 5.91 Å². The van der Waals surface area contributed by atoms with E-state index in [1.165, 1.54) is 12.8 Å². The summed E-state index contributed by atoms with van der Waals surface area (Å²) in [6.45, 7) is 7.70. The van der Waals surface area contributed by atoms with Gasteiger partial charge in [0.05, 0.1) is 0 Å². The first kappa shape index (κ1) is 13.5. The van der Waals surface area contributed by atoms with E-state index in [9.17, 15) is 4.79 Å². The lowest BCUT2D eigenvalue weighted by Crippen LogP contribution is -2.61. The van der Waals surface area contributed by atoms with Crippen molar-refractivity contribution in [2.75, 3.05) is 20.1 Å². The number of primary amides is 1. The fraction of sp³-hybridized carbons (Fsp3) is 0.917. The smallest absolute Gasteiger partial charge is 0.238 e. The predicted molar refractivity (Wildman–Crippen MR) is 66.1 cm³/mol. The minimum absolute atomic E-state index is 0.256. The molecule has 0 aromatic heterocycles. The Balaban J connectivity index is 2.50. The second-order valence-electron chi connectivity index (χ2n) is 5.64. The molecule has 1 unspecified atom stereocenters. The highest BCUT2D eigenvalue weighted by atomic mass is 16.1. The number of nitrogens with zero attached hydrogens (tertiary/aromatic N) is 1. The number of likely N-dealkylation sites (N-methyl/N-ethyl adjacent to an activating group) is 1. The van der Waals surface area contributed by atoms with Gasteiger partial charge in [0.15, 0.2) is 0 Å². The van der Waals surface area contributed by atoms with Crippen LogP contribution in [0.1, 0.15) is 33.6 Å². The van der Waals surface area contributed by atoms with Crippen LogP contribution in [-0.2, 0) is 4.79 Å². The SMILES string of the molecule is CC(C)NC(C)(CN(C)CC1CC1)C(N)=O. The summed E-state index contributed by atoms with van der Waals surface area (Å²) in [4.78, 5) is 13.7. The van der Waals surface area contributed by atoms with Crippen molar-refractivity contribution < 1.29 is 4.79 Å². The number of carbonyl (C=O) groups is 1. The highest BCUT2D eigenvalue weighted by molar-refractivity contribution is 5.84. The maximum atomic E-state index is 11.5. The summed E-state index contributed by atoms with van der Waals surface area (Å²) in [6.07, 6.45) is 2.66. The molecule has 0 aromatic carbocycles. The molecule has 1 fully saturated rings. The van der Waals surface area contributed by atoms with Crippen LogP contribution in [0.15, 0.2) is 0 Å². The third-order valence-corrected chi connectivity index (χ3v) is 3.00. The van der Waals surface area contributed by atoms with Crippen LogP contribution in [0.5, 0.6) is 0 Å². The molecule has 0 heterocycles. The van der Waals surface area contributed by atoms with Crippen molar-refractivity contribution >= 4 is 5.91 Å². The molecule has 0 bridgehead atoms. The maximum absolute atomic E-state index is 11.5. The zero-order chi connectivity index (χ0) is 12.3. The molecule has 1 atom stereocenters. The van der Waals surface area contributed by atoms with Crippen molar-refractivity contribution in [3.05, 3.63) is 0 Å². The molecule has 94 valence electrons. The fourth-order valence-corrected chi connectivity index (χ4v) is 2.18. The first-order valence-electron chi connectivity index (χ1n) is 6.09. The molecule has 0 aromatic rings. The second-order valence-corrected chi connectivity index (χ2v) is 5.64. The summed E-state index contributed by atoms with van der Waals surface area (Å²) in [5.41, 5.74) is 4.86. The normalized spacial score (nSPS) is 20.1. The van der Waals surface area contributed by atoms with Gasteiger partial charge in [-0.1, -0.05) is 0 Å². The molecule has 4 nitrogen and oxygen atoms in total. The number of nitrogens with two attached hydrogens (primary N) is 1. The van der Waals surface area contributed by atoms with Gasteiger partial charge in [-0.3, -0.25) is 4.79 Å². The molecule has 1 rings (SSSR count). The molecule has 0 spiro atoms. The van der Waals surface area contributed by atoms with Crippen molar-refractivity contribution in [2.24, 2.45) is 11.7 Å². The summed E-state index contributed by atoms with van der Waals surface area (Å²) in [5, 5.41) is 3.26. The molecular formula is C12H25N3O. The van der Waals surface area contributed by atoms with E-state index >= 15 is 0 Å². The zero-order valence-electron chi connectivity index (χ0n) is 10.9. The van der Waals surface area contributed by atoms with Crippen LogP contribution in [0, 0.1) is 5.92 Å². The molecule has 4 heteroatoms. The van der Waals surface area contributed by atoms with Crippen molar-refractivity contribution in [3.8, 4) is 0 Å². The monoisotopic (exact) mass is 227 g/mol. The van der Waals surface area contributed by atoms with Gasteiger partial charge in [-0.05, 0) is 46.6 Å². The van der Waals surface area contributed by atoms with Crippen molar-refractivity contribution in [3.63, 3.8) is 0 Å². The minimum Gasteiger partial charge on any atom is -0.368 e. The standard InChI is InChI=1S/C12H25N3O/c1-9(2)14-12(3,11(13)16)8-15(4)7-10-5-6-10/h9-10,14H,5-8H2,1-4H3,(H2,13,16). The van der Waals surface area contributed by atoms with Gasteiger partial charge in [-0.2, -0.15) is 0 Å². The molecule has 16 heavy (non-hydrogen) atoms. The Morgan fingerprint density at radius 2 is 2.12 bits per heavy atom. The minimum atomic E-state index is -0.627. The van der Waals surface area contributed by atoms with Crippen LogP contribution in [0.4, 0.5) is 0 Å². The lowest BCUT2D eigenvalue weighted by molar-refractivity contribution is -0.124. The third kappa shape index (κ3) is 4.10. The Morgan fingerprint density at radius 3 is 2.50 bits per heavy atom. The molecule has 0 aliphatic heterocycles. The predicted octanol–water partition coefficient (Wildman–Crippen LogP) is 0.570.